The first-order valence-electron chi connectivity index (χ1n) is 10.3. The van der Waals surface area contributed by atoms with Crippen LogP contribution < -0.4 is 5.73 Å². The number of rotatable bonds is 11. The van der Waals surface area contributed by atoms with Crippen molar-refractivity contribution in [1.29, 1.82) is 0 Å². The Morgan fingerprint density at radius 1 is 0.964 bits per heavy atom. The molecular weight excluding hydrogens is 363 g/mol. The van der Waals surface area contributed by atoms with Crippen LogP contribution >= 0.6 is 0 Å². The first-order chi connectivity index (χ1) is 13.4. The third-order valence-corrected chi connectivity index (χ3v) is 5.10. The second kappa shape index (κ2) is 10.6. The molecule has 156 valence electrons. The highest BCUT2D eigenvalue weighted by Crippen LogP contribution is 2.35. The number of pyridine rings is 1. The molecule has 0 atom stereocenters. The quantitative estimate of drug-likeness (QED) is 0.470. The maximum absolute atomic E-state index is 13.3. The van der Waals surface area contributed by atoms with Gasteiger partial charge in [0.15, 0.2) is 0 Å². The van der Waals surface area contributed by atoms with E-state index in [0.29, 0.717) is 11.8 Å². The lowest BCUT2D eigenvalue weighted by Gasteiger charge is -2.23. The Morgan fingerprint density at radius 2 is 1.68 bits per heavy atom. The summed E-state index contributed by atoms with van der Waals surface area (Å²) < 4.78 is 40.0. The maximum Gasteiger partial charge on any atom is 0.418 e. The van der Waals surface area contributed by atoms with E-state index >= 15 is 0 Å². The molecule has 2 rings (SSSR count). The van der Waals surface area contributed by atoms with Crippen molar-refractivity contribution in [3.63, 3.8) is 0 Å². The largest absolute Gasteiger partial charge is 0.418 e. The molecule has 6 heteroatoms. The Balaban J connectivity index is 2.19. The van der Waals surface area contributed by atoms with Crippen LogP contribution in [0.4, 0.5) is 19.0 Å². The molecule has 2 aromatic rings. The minimum absolute atomic E-state index is 0.0481. The van der Waals surface area contributed by atoms with E-state index in [-0.39, 0.29) is 11.3 Å². The van der Waals surface area contributed by atoms with E-state index in [1.165, 1.54) is 25.3 Å². The summed E-state index contributed by atoms with van der Waals surface area (Å²) >= 11 is 0. The predicted molar refractivity (Wildman–Crippen MR) is 110 cm³/mol. The zero-order chi connectivity index (χ0) is 20.6. The van der Waals surface area contributed by atoms with Crippen LogP contribution in [0, 0.1) is 0 Å². The summed E-state index contributed by atoms with van der Waals surface area (Å²) in [5.41, 5.74) is 5.91. The van der Waals surface area contributed by atoms with Gasteiger partial charge in [0.05, 0.1) is 11.1 Å². The number of halogens is 3. The molecule has 0 spiro atoms. The van der Waals surface area contributed by atoms with E-state index < -0.39 is 11.7 Å². The Bertz CT molecular complexity index is 744. The van der Waals surface area contributed by atoms with Crippen LogP contribution in [0.1, 0.15) is 63.5 Å². The minimum Gasteiger partial charge on any atom is -0.384 e. The molecule has 0 saturated heterocycles. The van der Waals surface area contributed by atoms with Crippen molar-refractivity contribution in [2.24, 2.45) is 0 Å². The molecule has 28 heavy (non-hydrogen) atoms. The summed E-state index contributed by atoms with van der Waals surface area (Å²) in [4.78, 5) is 6.42. The molecule has 0 amide bonds. The molecule has 0 unspecified atom stereocenters. The Hall–Kier alpha value is -1.82. The fourth-order valence-corrected chi connectivity index (χ4v) is 3.53. The van der Waals surface area contributed by atoms with Crippen molar-refractivity contribution in [1.82, 2.24) is 9.88 Å². The lowest BCUT2D eigenvalue weighted by atomic mass is 10.0. The van der Waals surface area contributed by atoms with Gasteiger partial charge in [-0.25, -0.2) is 4.98 Å². The fraction of sp³-hybridized carbons (Fsp3) is 0.591. The number of alkyl halides is 3. The summed E-state index contributed by atoms with van der Waals surface area (Å²) in [6.45, 7) is 7.25. The van der Waals surface area contributed by atoms with Gasteiger partial charge < -0.3 is 10.6 Å². The smallest absolute Gasteiger partial charge is 0.384 e. The molecule has 0 aliphatic carbocycles. The lowest BCUT2D eigenvalue weighted by molar-refractivity contribution is -0.136. The highest BCUT2D eigenvalue weighted by Gasteiger charge is 2.33. The normalized spacial score (nSPS) is 12.2. The topological polar surface area (TPSA) is 42.1 Å². The van der Waals surface area contributed by atoms with Gasteiger partial charge >= 0.3 is 6.18 Å². The van der Waals surface area contributed by atoms with E-state index in [4.69, 9.17) is 5.73 Å². The number of para-hydroxylation sites is 1. The summed E-state index contributed by atoms with van der Waals surface area (Å²) in [7, 11) is 0. The van der Waals surface area contributed by atoms with Crippen molar-refractivity contribution in [2.75, 3.05) is 25.4 Å². The van der Waals surface area contributed by atoms with Crippen LogP contribution in [-0.4, -0.2) is 29.5 Å². The number of nitrogens with zero attached hydrogens (tertiary/aromatic N) is 2. The first-order valence-corrected chi connectivity index (χ1v) is 10.3. The molecule has 0 aliphatic rings. The van der Waals surface area contributed by atoms with Gasteiger partial charge in [0, 0.05) is 11.9 Å². The van der Waals surface area contributed by atoms with Crippen molar-refractivity contribution < 1.29 is 13.2 Å². The van der Waals surface area contributed by atoms with Gasteiger partial charge in [0.2, 0.25) is 0 Å². The van der Waals surface area contributed by atoms with E-state index in [9.17, 15) is 13.2 Å². The Morgan fingerprint density at radius 3 is 2.36 bits per heavy atom. The number of anilines is 1. The van der Waals surface area contributed by atoms with E-state index in [1.807, 2.05) is 0 Å². The van der Waals surface area contributed by atoms with E-state index in [1.54, 1.807) is 12.1 Å². The highest BCUT2D eigenvalue weighted by atomic mass is 19.4. The molecule has 1 aromatic heterocycles. The number of fused-ring (bicyclic) bond motifs is 1. The third-order valence-electron chi connectivity index (χ3n) is 5.10. The number of hydrogen-bond donors (Lipinski definition) is 1. The van der Waals surface area contributed by atoms with Gasteiger partial charge in [-0.05, 0) is 50.0 Å². The molecule has 0 bridgehead atoms. The molecule has 2 N–H and O–H groups in total. The number of nitrogen functional groups attached to an aromatic ring is 1. The highest BCUT2D eigenvalue weighted by molar-refractivity contribution is 5.87. The monoisotopic (exact) mass is 395 g/mol. The maximum atomic E-state index is 13.3. The van der Waals surface area contributed by atoms with Crippen LogP contribution in [0.3, 0.4) is 0 Å². The third kappa shape index (κ3) is 6.36. The van der Waals surface area contributed by atoms with Crippen molar-refractivity contribution >= 4 is 16.7 Å². The number of benzene rings is 1. The van der Waals surface area contributed by atoms with Crippen molar-refractivity contribution in [3.05, 3.63) is 35.4 Å². The van der Waals surface area contributed by atoms with Gasteiger partial charge in [-0.1, -0.05) is 51.7 Å². The van der Waals surface area contributed by atoms with E-state index in [0.717, 1.165) is 50.5 Å². The second-order valence-corrected chi connectivity index (χ2v) is 7.41. The molecule has 0 fully saturated rings. The Kier molecular flexibility index (Phi) is 8.55. The number of nitrogens with two attached hydrogens (primary N) is 1. The van der Waals surface area contributed by atoms with Crippen molar-refractivity contribution in [3.8, 4) is 0 Å². The molecule has 3 nitrogen and oxygen atoms in total. The van der Waals surface area contributed by atoms with Gasteiger partial charge in [0.25, 0.3) is 0 Å². The standard InChI is InChI=1S/C22H32F3N3/c1-3-5-7-8-14-28(13-6-4-2)15-12-17-16-20(26)27-21-18(17)10-9-11-19(21)22(23,24)25/h9-11,16H,3-8,12-15H2,1-2H3,(H2,26,27). The van der Waals surface area contributed by atoms with Crippen LogP contribution in [0.15, 0.2) is 24.3 Å². The predicted octanol–water partition coefficient (Wildman–Crippen LogP) is 6.06. The average molecular weight is 396 g/mol. The van der Waals surface area contributed by atoms with E-state index in [2.05, 4.69) is 23.7 Å². The fourth-order valence-electron chi connectivity index (χ4n) is 3.53. The van der Waals surface area contributed by atoms with Gasteiger partial charge in [-0.2, -0.15) is 13.2 Å². The van der Waals surface area contributed by atoms with Crippen LogP contribution in [-0.2, 0) is 12.6 Å². The molecule has 0 aliphatic heterocycles. The number of unbranched alkanes of at least 4 members (excludes halogenated alkanes) is 4. The summed E-state index contributed by atoms with van der Waals surface area (Å²) in [6.07, 6.45) is 3.32. The summed E-state index contributed by atoms with van der Waals surface area (Å²) in [5.74, 6) is 0.141. The first kappa shape index (κ1) is 22.5. The van der Waals surface area contributed by atoms with Gasteiger partial charge in [-0.15, -0.1) is 0 Å². The van der Waals surface area contributed by atoms with Crippen LogP contribution in [0.2, 0.25) is 0 Å². The van der Waals surface area contributed by atoms with Gasteiger partial charge in [-0.3, -0.25) is 0 Å². The zero-order valence-corrected chi connectivity index (χ0v) is 17.0. The molecular formula is C22H32F3N3. The molecule has 1 aromatic carbocycles. The summed E-state index contributed by atoms with van der Waals surface area (Å²) in [6, 6.07) is 5.95. The lowest BCUT2D eigenvalue weighted by Crippen LogP contribution is -2.28. The molecule has 0 saturated carbocycles. The minimum atomic E-state index is -4.44. The summed E-state index contributed by atoms with van der Waals surface area (Å²) in [5, 5.41) is 0.547. The number of hydrogen-bond acceptors (Lipinski definition) is 3. The zero-order valence-electron chi connectivity index (χ0n) is 17.0. The van der Waals surface area contributed by atoms with Crippen molar-refractivity contribution in [2.45, 2.75) is 65.0 Å². The molecule has 1 heterocycles. The van der Waals surface area contributed by atoms with Gasteiger partial charge in [0.1, 0.15) is 5.82 Å². The van der Waals surface area contributed by atoms with Crippen LogP contribution in [0.25, 0.3) is 10.9 Å². The molecule has 0 radical (unpaired) electrons. The Labute approximate surface area is 166 Å². The number of aromatic nitrogens is 1. The average Bonchev–Trinajstić information content (AvgIpc) is 2.65. The van der Waals surface area contributed by atoms with Crippen LogP contribution in [0.5, 0.6) is 0 Å². The SMILES string of the molecule is CCCCCCN(CCCC)CCc1cc(N)nc2c(C(F)(F)F)cccc12. The second-order valence-electron chi connectivity index (χ2n) is 7.41.